The molecule has 5 aromatic rings. The van der Waals surface area contributed by atoms with Crippen LogP contribution in [-0.4, -0.2) is 43.1 Å². The maximum atomic E-state index is 12.9. The van der Waals surface area contributed by atoms with Crippen LogP contribution in [0.1, 0.15) is 90.3 Å². The van der Waals surface area contributed by atoms with E-state index in [1.807, 2.05) is 33.2 Å². The Kier molecular flexibility index (Phi) is 8.30. The molecule has 3 heterocycles. The van der Waals surface area contributed by atoms with Gasteiger partial charge in [-0.3, -0.25) is 4.90 Å². The lowest BCUT2D eigenvalue weighted by atomic mass is 9.94. The summed E-state index contributed by atoms with van der Waals surface area (Å²) in [5.74, 6) is 2.29. The zero-order valence-corrected chi connectivity index (χ0v) is 26.5. The number of aromatic nitrogens is 4. The van der Waals surface area contributed by atoms with Crippen molar-refractivity contribution >= 4 is 16.9 Å². The maximum absolute atomic E-state index is 12.9. The number of benzene rings is 3. The minimum absolute atomic E-state index is 0.117. The van der Waals surface area contributed by atoms with Gasteiger partial charge in [0.1, 0.15) is 17.2 Å². The normalized spacial score (nSPS) is 16.0. The molecule has 44 heavy (non-hydrogen) atoms. The lowest BCUT2D eigenvalue weighted by molar-refractivity contribution is 0.0218. The van der Waals surface area contributed by atoms with Gasteiger partial charge in [0.15, 0.2) is 0 Å². The summed E-state index contributed by atoms with van der Waals surface area (Å²) < 4.78 is 5.67. The number of aromatic amines is 2. The monoisotopic (exact) mass is 589 g/mol. The number of likely N-dealkylation sites (tertiary alicyclic amines) is 1. The molecule has 6 rings (SSSR count). The number of nitrogens with zero attached hydrogens (tertiary/aromatic N) is 3. The Hall–Kier alpha value is -4.39. The van der Waals surface area contributed by atoms with E-state index in [9.17, 15) is 4.79 Å². The number of carbonyl (C=O) groups is 1. The Labute approximate surface area is 260 Å². The van der Waals surface area contributed by atoms with Crippen LogP contribution in [-0.2, 0) is 4.74 Å². The van der Waals surface area contributed by atoms with Crippen LogP contribution in [0.2, 0.25) is 0 Å². The molecule has 228 valence electrons. The summed E-state index contributed by atoms with van der Waals surface area (Å²) in [5.41, 5.74) is 6.03. The molecule has 7 nitrogen and oxygen atoms in total. The molecule has 0 aliphatic carbocycles. The van der Waals surface area contributed by atoms with Crippen LogP contribution in [0.4, 0.5) is 4.79 Å². The first kappa shape index (κ1) is 29.7. The van der Waals surface area contributed by atoms with E-state index in [0.717, 1.165) is 64.4 Å². The maximum Gasteiger partial charge on any atom is 0.410 e. The van der Waals surface area contributed by atoms with Crippen molar-refractivity contribution in [1.29, 1.82) is 0 Å². The lowest BCUT2D eigenvalue weighted by Gasteiger charge is -2.27. The average molecular weight is 590 g/mol. The Morgan fingerprint density at radius 1 is 0.932 bits per heavy atom. The Balaban J connectivity index is 1.25. The number of unbranched alkanes of at least 4 members (excludes halogenated alkanes) is 1. The van der Waals surface area contributed by atoms with Gasteiger partial charge in [0, 0.05) is 18.0 Å². The van der Waals surface area contributed by atoms with Gasteiger partial charge in [-0.05, 0) is 67.5 Å². The SMILES string of the molecule is CCCC[C@H](C)c1ncc(-c2ccc(-c3cccc4c(-c5cnc([C@@H]6CCCN6C(=O)OC(C)(C)C)[nH]5)cccc34)cc2)[nH]1. The highest BCUT2D eigenvalue weighted by molar-refractivity contribution is 6.04. The second kappa shape index (κ2) is 12.3. The number of ether oxygens (including phenoxy) is 1. The summed E-state index contributed by atoms with van der Waals surface area (Å²) in [4.78, 5) is 31.2. The Morgan fingerprint density at radius 2 is 1.61 bits per heavy atom. The standard InChI is InChI=1S/C37H43N5O2/c1-6-7-11-24(2)34-38-22-31(40-34)26-19-17-25(18-20-26)27-12-8-14-29-28(27)13-9-15-30(29)32-23-39-35(41-32)33-16-10-21-42(33)36(43)44-37(3,4)5/h8-9,12-15,17-20,22-24,33H,6-7,10-11,16,21H2,1-5H3,(H,38,40)(H,39,41)/t24-,33-/m0/s1. The van der Waals surface area contributed by atoms with Gasteiger partial charge in [-0.25, -0.2) is 14.8 Å². The Bertz CT molecular complexity index is 1740. The van der Waals surface area contributed by atoms with E-state index in [1.165, 1.54) is 23.8 Å². The number of H-pyrrole nitrogens is 2. The summed E-state index contributed by atoms with van der Waals surface area (Å²) in [6, 6.07) is 21.5. The van der Waals surface area contributed by atoms with Gasteiger partial charge in [0.2, 0.25) is 0 Å². The molecular weight excluding hydrogens is 546 g/mol. The van der Waals surface area contributed by atoms with Crippen molar-refractivity contribution in [3.8, 4) is 33.6 Å². The average Bonchev–Trinajstić information content (AvgIpc) is 3.79. The lowest BCUT2D eigenvalue weighted by Crippen LogP contribution is -2.36. The van der Waals surface area contributed by atoms with Crippen LogP contribution in [0.3, 0.4) is 0 Å². The van der Waals surface area contributed by atoms with Crippen molar-refractivity contribution < 1.29 is 9.53 Å². The van der Waals surface area contributed by atoms with Gasteiger partial charge < -0.3 is 14.7 Å². The molecule has 0 unspecified atom stereocenters. The third-order valence-electron chi connectivity index (χ3n) is 8.56. The van der Waals surface area contributed by atoms with Crippen LogP contribution < -0.4 is 0 Å². The summed E-state index contributed by atoms with van der Waals surface area (Å²) in [5, 5.41) is 2.33. The minimum Gasteiger partial charge on any atom is -0.444 e. The van der Waals surface area contributed by atoms with Gasteiger partial charge in [0.25, 0.3) is 0 Å². The molecule has 1 amide bonds. The topological polar surface area (TPSA) is 86.9 Å². The van der Waals surface area contributed by atoms with E-state index < -0.39 is 5.60 Å². The highest BCUT2D eigenvalue weighted by Gasteiger charge is 2.35. The molecule has 1 saturated heterocycles. The van der Waals surface area contributed by atoms with Crippen molar-refractivity contribution in [2.75, 3.05) is 6.54 Å². The number of nitrogens with one attached hydrogen (secondary N) is 2. The van der Waals surface area contributed by atoms with E-state index in [0.29, 0.717) is 12.5 Å². The van der Waals surface area contributed by atoms with E-state index in [1.54, 1.807) is 4.90 Å². The molecule has 1 aliphatic heterocycles. The highest BCUT2D eigenvalue weighted by atomic mass is 16.6. The quantitative estimate of drug-likeness (QED) is 0.189. The molecule has 3 aromatic carbocycles. The fraction of sp³-hybridized carbons (Fsp3) is 0.378. The first-order chi connectivity index (χ1) is 21.2. The Morgan fingerprint density at radius 3 is 2.34 bits per heavy atom. The van der Waals surface area contributed by atoms with Crippen molar-refractivity contribution in [2.45, 2.75) is 84.3 Å². The predicted octanol–water partition coefficient (Wildman–Crippen LogP) is 9.65. The minimum atomic E-state index is -0.533. The number of amides is 1. The van der Waals surface area contributed by atoms with Gasteiger partial charge in [-0.1, -0.05) is 87.4 Å². The molecule has 1 aliphatic rings. The number of rotatable bonds is 8. The number of hydrogen-bond donors (Lipinski definition) is 2. The molecule has 0 spiro atoms. The summed E-state index contributed by atoms with van der Waals surface area (Å²) >= 11 is 0. The molecule has 2 aromatic heterocycles. The second-order valence-corrected chi connectivity index (χ2v) is 13.0. The number of imidazole rings is 2. The van der Waals surface area contributed by atoms with Crippen molar-refractivity contribution in [3.05, 3.63) is 84.7 Å². The smallest absolute Gasteiger partial charge is 0.410 e. The third kappa shape index (κ3) is 6.14. The van der Waals surface area contributed by atoms with Crippen molar-refractivity contribution in [2.24, 2.45) is 0 Å². The summed E-state index contributed by atoms with van der Waals surface area (Å²) in [6.45, 7) is 10.8. The number of fused-ring (bicyclic) bond motifs is 1. The fourth-order valence-electron chi connectivity index (χ4n) is 6.24. The molecule has 1 fully saturated rings. The molecule has 7 heteroatoms. The van der Waals surface area contributed by atoms with Crippen molar-refractivity contribution in [3.63, 3.8) is 0 Å². The molecule has 0 bridgehead atoms. The van der Waals surface area contributed by atoms with Crippen LogP contribution in [0, 0.1) is 0 Å². The van der Waals surface area contributed by atoms with Gasteiger partial charge in [-0.2, -0.15) is 0 Å². The second-order valence-electron chi connectivity index (χ2n) is 13.0. The van der Waals surface area contributed by atoms with Crippen molar-refractivity contribution in [1.82, 2.24) is 24.8 Å². The molecular formula is C37H43N5O2. The first-order valence-corrected chi connectivity index (χ1v) is 15.9. The van der Waals surface area contributed by atoms with Crippen LogP contribution in [0.5, 0.6) is 0 Å². The zero-order chi connectivity index (χ0) is 30.8. The molecule has 2 N–H and O–H groups in total. The highest BCUT2D eigenvalue weighted by Crippen LogP contribution is 2.37. The third-order valence-corrected chi connectivity index (χ3v) is 8.56. The van der Waals surface area contributed by atoms with Gasteiger partial charge in [0.05, 0.1) is 29.8 Å². The number of hydrogen-bond acceptors (Lipinski definition) is 4. The largest absolute Gasteiger partial charge is 0.444 e. The summed E-state index contributed by atoms with van der Waals surface area (Å²) in [6.07, 6.45) is 8.91. The van der Waals surface area contributed by atoms with Gasteiger partial charge >= 0.3 is 6.09 Å². The van der Waals surface area contributed by atoms with E-state index >= 15 is 0 Å². The van der Waals surface area contributed by atoms with E-state index in [4.69, 9.17) is 9.72 Å². The van der Waals surface area contributed by atoms with Crippen LogP contribution >= 0.6 is 0 Å². The molecule has 0 radical (unpaired) electrons. The number of carbonyl (C=O) groups excluding carboxylic acids is 1. The van der Waals surface area contributed by atoms with Crippen LogP contribution in [0.25, 0.3) is 44.4 Å². The van der Waals surface area contributed by atoms with E-state index in [2.05, 4.69) is 89.5 Å². The zero-order valence-electron chi connectivity index (χ0n) is 26.5. The van der Waals surface area contributed by atoms with Gasteiger partial charge in [-0.15, -0.1) is 0 Å². The van der Waals surface area contributed by atoms with E-state index in [-0.39, 0.29) is 12.1 Å². The first-order valence-electron chi connectivity index (χ1n) is 15.9. The predicted molar refractivity (Wildman–Crippen MR) is 177 cm³/mol. The molecule has 0 saturated carbocycles. The molecule has 2 atom stereocenters. The fourth-order valence-corrected chi connectivity index (χ4v) is 6.24. The summed E-state index contributed by atoms with van der Waals surface area (Å²) in [7, 11) is 0. The van der Waals surface area contributed by atoms with Crippen LogP contribution in [0.15, 0.2) is 73.1 Å².